The van der Waals surface area contributed by atoms with E-state index < -0.39 is 0 Å². The quantitative estimate of drug-likeness (QED) is 0.631. The molecule has 2 aliphatic rings. The average molecular weight is 197 g/mol. The molecule has 4 heteroatoms. The van der Waals surface area contributed by atoms with E-state index in [1.807, 2.05) is 0 Å². The van der Waals surface area contributed by atoms with Crippen LogP contribution in [0.15, 0.2) is 0 Å². The molecular weight excluding hydrogens is 178 g/mol. The summed E-state index contributed by atoms with van der Waals surface area (Å²) >= 11 is 0. The summed E-state index contributed by atoms with van der Waals surface area (Å²) in [5.41, 5.74) is 0. The van der Waals surface area contributed by atoms with Gasteiger partial charge in [-0.3, -0.25) is 4.79 Å². The highest BCUT2D eigenvalue weighted by Crippen LogP contribution is 2.09. The van der Waals surface area contributed by atoms with Gasteiger partial charge in [0.05, 0.1) is 6.04 Å². The normalized spacial score (nSPS) is 33.5. The van der Waals surface area contributed by atoms with Crippen LogP contribution in [0.5, 0.6) is 0 Å². The van der Waals surface area contributed by atoms with Gasteiger partial charge >= 0.3 is 0 Å². The standard InChI is InChI=1S/C10H19N3O/c1-13-6-4-8(7-13)12-10(14)9-3-2-5-11-9/h8-9,11H,2-7H2,1H3,(H,12,14)/t8?,9-/m0/s1. The zero-order valence-corrected chi connectivity index (χ0v) is 8.75. The van der Waals surface area contributed by atoms with E-state index in [0.717, 1.165) is 38.9 Å². The third-order valence-electron chi connectivity index (χ3n) is 3.11. The first-order valence-electron chi connectivity index (χ1n) is 5.48. The van der Waals surface area contributed by atoms with Crippen molar-refractivity contribution in [1.29, 1.82) is 0 Å². The second-order valence-electron chi connectivity index (χ2n) is 4.41. The Labute approximate surface area is 85.0 Å². The third kappa shape index (κ3) is 2.25. The molecule has 2 heterocycles. The Morgan fingerprint density at radius 2 is 2.36 bits per heavy atom. The van der Waals surface area contributed by atoms with E-state index >= 15 is 0 Å². The van der Waals surface area contributed by atoms with E-state index in [1.165, 1.54) is 0 Å². The summed E-state index contributed by atoms with van der Waals surface area (Å²) in [5.74, 6) is 0.197. The van der Waals surface area contributed by atoms with Crippen molar-refractivity contribution in [1.82, 2.24) is 15.5 Å². The lowest BCUT2D eigenvalue weighted by Gasteiger charge is -2.16. The van der Waals surface area contributed by atoms with Gasteiger partial charge in [-0.25, -0.2) is 0 Å². The number of nitrogens with zero attached hydrogens (tertiary/aromatic N) is 1. The predicted molar refractivity (Wildman–Crippen MR) is 55.1 cm³/mol. The molecule has 1 unspecified atom stereocenters. The molecule has 1 amide bonds. The SMILES string of the molecule is CN1CCC(NC(=O)[C@@H]2CCCN2)C1. The third-order valence-corrected chi connectivity index (χ3v) is 3.11. The van der Waals surface area contributed by atoms with Crippen molar-refractivity contribution in [3.8, 4) is 0 Å². The van der Waals surface area contributed by atoms with Gasteiger partial charge in [-0.1, -0.05) is 0 Å². The Hall–Kier alpha value is -0.610. The van der Waals surface area contributed by atoms with Crippen molar-refractivity contribution in [3.05, 3.63) is 0 Å². The Morgan fingerprint density at radius 1 is 1.50 bits per heavy atom. The van der Waals surface area contributed by atoms with Crippen LogP contribution in [0, 0.1) is 0 Å². The van der Waals surface area contributed by atoms with Gasteiger partial charge < -0.3 is 15.5 Å². The van der Waals surface area contributed by atoms with Crippen molar-refractivity contribution < 1.29 is 4.79 Å². The number of likely N-dealkylation sites (N-methyl/N-ethyl adjacent to an activating group) is 1. The van der Waals surface area contributed by atoms with Gasteiger partial charge in [0.25, 0.3) is 0 Å². The highest BCUT2D eigenvalue weighted by atomic mass is 16.2. The second-order valence-corrected chi connectivity index (χ2v) is 4.41. The van der Waals surface area contributed by atoms with Gasteiger partial charge in [-0.15, -0.1) is 0 Å². The van der Waals surface area contributed by atoms with Crippen molar-refractivity contribution in [2.24, 2.45) is 0 Å². The van der Waals surface area contributed by atoms with E-state index in [-0.39, 0.29) is 11.9 Å². The number of hydrogen-bond acceptors (Lipinski definition) is 3. The Balaban J connectivity index is 1.76. The summed E-state index contributed by atoms with van der Waals surface area (Å²) in [4.78, 5) is 14.0. The van der Waals surface area contributed by atoms with Crippen molar-refractivity contribution >= 4 is 5.91 Å². The molecule has 2 saturated heterocycles. The first kappa shape index (κ1) is 9.93. The van der Waals surface area contributed by atoms with E-state index in [9.17, 15) is 4.79 Å². The van der Waals surface area contributed by atoms with E-state index in [4.69, 9.17) is 0 Å². The molecule has 0 aromatic carbocycles. The second kappa shape index (κ2) is 4.28. The number of carbonyl (C=O) groups excluding carboxylic acids is 1. The molecule has 4 nitrogen and oxygen atoms in total. The zero-order chi connectivity index (χ0) is 9.97. The van der Waals surface area contributed by atoms with Crippen LogP contribution >= 0.6 is 0 Å². The van der Waals surface area contributed by atoms with Gasteiger partial charge in [-0.2, -0.15) is 0 Å². The maximum absolute atomic E-state index is 11.7. The highest BCUT2D eigenvalue weighted by Gasteiger charge is 2.26. The first-order chi connectivity index (χ1) is 6.75. The molecule has 0 aliphatic carbocycles. The van der Waals surface area contributed by atoms with Crippen LogP contribution in [0.4, 0.5) is 0 Å². The molecule has 2 atom stereocenters. The van der Waals surface area contributed by atoms with Gasteiger partial charge in [0.1, 0.15) is 0 Å². The molecule has 2 N–H and O–H groups in total. The van der Waals surface area contributed by atoms with Crippen LogP contribution in [0.3, 0.4) is 0 Å². The minimum absolute atomic E-state index is 0.0703. The zero-order valence-electron chi connectivity index (χ0n) is 8.75. The maximum Gasteiger partial charge on any atom is 0.237 e. The molecule has 0 aromatic heterocycles. The fourth-order valence-electron chi connectivity index (χ4n) is 2.26. The fraction of sp³-hybridized carbons (Fsp3) is 0.900. The Morgan fingerprint density at radius 3 is 2.93 bits per heavy atom. The number of carbonyl (C=O) groups is 1. The summed E-state index contributed by atoms with van der Waals surface area (Å²) < 4.78 is 0. The van der Waals surface area contributed by atoms with Gasteiger partial charge in [0, 0.05) is 12.6 Å². The molecule has 0 saturated carbocycles. The van der Waals surface area contributed by atoms with Crippen LogP contribution in [-0.4, -0.2) is 49.6 Å². The Kier molecular flexibility index (Phi) is 3.03. The van der Waals surface area contributed by atoms with E-state index in [1.54, 1.807) is 0 Å². The molecule has 80 valence electrons. The average Bonchev–Trinajstić information content (AvgIpc) is 2.75. The molecule has 0 aromatic rings. The van der Waals surface area contributed by atoms with Gasteiger partial charge in [0.15, 0.2) is 0 Å². The van der Waals surface area contributed by atoms with Crippen LogP contribution < -0.4 is 10.6 Å². The van der Waals surface area contributed by atoms with Gasteiger partial charge in [-0.05, 0) is 39.4 Å². The van der Waals surface area contributed by atoms with Crippen LogP contribution in [0.2, 0.25) is 0 Å². The Bertz CT molecular complexity index is 213. The molecule has 0 radical (unpaired) electrons. The van der Waals surface area contributed by atoms with Crippen LogP contribution in [-0.2, 0) is 4.79 Å². The minimum atomic E-state index is 0.0703. The van der Waals surface area contributed by atoms with Crippen LogP contribution in [0.25, 0.3) is 0 Å². The van der Waals surface area contributed by atoms with Crippen LogP contribution in [0.1, 0.15) is 19.3 Å². The summed E-state index contributed by atoms with van der Waals surface area (Å²) in [6.07, 6.45) is 3.21. The molecule has 2 rings (SSSR count). The topological polar surface area (TPSA) is 44.4 Å². The lowest BCUT2D eigenvalue weighted by atomic mass is 10.2. The number of likely N-dealkylation sites (tertiary alicyclic amines) is 1. The summed E-state index contributed by atoms with van der Waals surface area (Å²) in [7, 11) is 2.10. The summed E-state index contributed by atoms with van der Waals surface area (Å²) in [6.45, 7) is 3.09. The summed E-state index contributed by atoms with van der Waals surface area (Å²) in [6, 6.07) is 0.441. The minimum Gasteiger partial charge on any atom is -0.351 e. The predicted octanol–water partition coefficient (Wildman–Crippen LogP) is -0.441. The smallest absolute Gasteiger partial charge is 0.237 e. The number of hydrogen-bond donors (Lipinski definition) is 2. The molecule has 0 bridgehead atoms. The van der Waals surface area contributed by atoms with E-state index in [2.05, 4.69) is 22.6 Å². The van der Waals surface area contributed by atoms with Gasteiger partial charge in [0.2, 0.25) is 5.91 Å². The number of nitrogens with one attached hydrogen (secondary N) is 2. The number of amides is 1. The van der Waals surface area contributed by atoms with E-state index in [0.29, 0.717) is 6.04 Å². The highest BCUT2D eigenvalue weighted by molar-refractivity contribution is 5.82. The lowest BCUT2D eigenvalue weighted by molar-refractivity contribution is -0.123. The fourth-order valence-corrected chi connectivity index (χ4v) is 2.26. The monoisotopic (exact) mass is 197 g/mol. The van der Waals surface area contributed by atoms with Crippen molar-refractivity contribution in [2.75, 3.05) is 26.7 Å². The van der Waals surface area contributed by atoms with Crippen molar-refractivity contribution in [2.45, 2.75) is 31.3 Å². The van der Waals surface area contributed by atoms with Crippen molar-refractivity contribution in [3.63, 3.8) is 0 Å². The number of rotatable bonds is 2. The molecular formula is C10H19N3O. The molecule has 2 aliphatic heterocycles. The molecule has 2 fully saturated rings. The maximum atomic E-state index is 11.7. The lowest BCUT2D eigenvalue weighted by Crippen LogP contribution is -2.45. The molecule has 0 spiro atoms. The molecule has 14 heavy (non-hydrogen) atoms. The first-order valence-corrected chi connectivity index (χ1v) is 5.48. The summed E-state index contributed by atoms with van der Waals surface area (Å²) in [5, 5.41) is 6.32. The largest absolute Gasteiger partial charge is 0.351 e.